The molecule has 1 atom stereocenters. The molecule has 3 rings (SSSR count). The highest BCUT2D eigenvalue weighted by molar-refractivity contribution is 9.10. The molecule has 2 heterocycles. The van der Waals surface area contributed by atoms with Gasteiger partial charge in [0, 0.05) is 34.7 Å². The van der Waals surface area contributed by atoms with Gasteiger partial charge in [-0.15, -0.1) is 11.3 Å². The number of fused-ring (bicyclic) bond motifs is 1. The molecule has 5 heteroatoms. The molecule has 1 unspecified atom stereocenters. The summed E-state index contributed by atoms with van der Waals surface area (Å²) in [4.78, 5) is 5.75. The van der Waals surface area contributed by atoms with E-state index < -0.39 is 0 Å². The average molecular weight is 364 g/mol. The van der Waals surface area contributed by atoms with Crippen LogP contribution in [0.5, 0.6) is 0 Å². The Kier molecular flexibility index (Phi) is 4.42. The summed E-state index contributed by atoms with van der Waals surface area (Å²) in [6, 6.07) is 6.81. The van der Waals surface area contributed by atoms with E-state index in [0.29, 0.717) is 0 Å². The first-order chi connectivity index (χ1) is 10.2. The van der Waals surface area contributed by atoms with Crippen LogP contribution in [-0.4, -0.2) is 15.9 Å². The number of nitrogens with zero attached hydrogens (tertiary/aromatic N) is 2. The van der Waals surface area contributed by atoms with Gasteiger partial charge in [-0.2, -0.15) is 0 Å². The predicted molar refractivity (Wildman–Crippen MR) is 92.1 cm³/mol. The Morgan fingerprint density at radius 2 is 2.29 bits per heavy atom. The standard InChI is InChI=1S/C16H18BrN3S/c1-3-18-15(13-5-4-11(2)8-14(13)17)9-12-10-20-6-7-21-16(20)19-12/h4-8,10,15,18H,3,9H2,1-2H3. The van der Waals surface area contributed by atoms with Gasteiger partial charge in [0.25, 0.3) is 0 Å². The Balaban J connectivity index is 1.88. The van der Waals surface area contributed by atoms with Crippen molar-refractivity contribution in [2.45, 2.75) is 26.3 Å². The molecule has 0 aliphatic heterocycles. The number of halogens is 1. The average Bonchev–Trinajstić information content (AvgIpc) is 2.99. The van der Waals surface area contributed by atoms with Crippen molar-refractivity contribution in [3.63, 3.8) is 0 Å². The number of benzene rings is 1. The van der Waals surface area contributed by atoms with Gasteiger partial charge in [-0.3, -0.25) is 4.40 Å². The molecule has 0 fully saturated rings. The van der Waals surface area contributed by atoms with Crippen LogP contribution >= 0.6 is 27.3 Å². The number of hydrogen-bond donors (Lipinski definition) is 1. The number of rotatable bonds is 5. The minimum atomic E-state index is 0.273. The van der Waals surface area contributed by atoms with Crippen molar-refractivity contribution in [2.24, 2.45) is 0 Å². The molecule has 3 nitrogen and oxygen atoms in total. The SMILES string of the molecule is CCNC(Cc1cn2ccsc2n1)c1ccc(C)cc1Br. The molecule has 0 spiro atoms. The number of thiazole rings is 1. The molecule has 0 saturated heterocycles. The van der Waals surface area contributed by atoms with Gasteiger partial charge in [0.1, 0.15) is 0 Å². The van der Waals surface area contributed by atoms with Crippen LogP contribution in [-0.2, 0) is 6.42 Å². The Morgan fingerprint density at radius 1 is 1.43 bits per heavy atom. The molecule has 0 amide bonds. The smallest absolute Gasteiger partial charge is 0.193 e. The Labute approximate surface area is 137 Å². The second-order valence-electron chi connectivity index (χ2n) is 5.16. The highest BCUT2D eigenvalue weighted by Gasteiger charge is 2.16. The summed E-state index contributed by atoms with van der Waals surface area (Å²) < 4.78 is 3.25. The van der Waals surface area contributed by atoms with Gasteiger partial charge in [-0.25, -0.2) is 4.98 Å². The van der Waals surface area contributed by atoms with Crippen LogP contribution in [0, 0.1) is 6.92 Å². The van der Waals surface area contributed by atoms with Gasteiger partial charge in [-0.1, -0.05) is 35.0 Å². The maximum atomic E-state index is 4.69. The number of likely N-dealkylation sites (N-methyl/N-ethyl adjacent to an activating group) is 1. The lowest BCUT2D eigenvalue weighted by atomic mass is 10.0. The van der Waals surface area contributed by atoms with Crippen molar-refractivity contribution < 1.29 is 0 Å². The van der Waals surface area contributed by atoms with E-state index in [9.17, 15) is 0 Å². The molecule has 0 radical (unpaired) electrons. The molecule has 110 valence electrons. The van der Waals surface area contributed by atoms with E-state index in [1.807, 2.05) is 0 Å². The summed E-state index contributed by atoms with van der Waals surface area (Å²) in [5.74, 6) is 0. The van der Waals surface area contributed by atoms with Crippen molar-refractivity contribution in [2.75, 3.05) is 6.54 Å². The molecular formula is C16H18BrN3S. The molecule has 21 heavy (non-hydrogen) atoms. The highest BCUT2D eigenvalue weighted by atomic mass is 79.9. The van der Waals surface area contributed by atoms with Crippen molar-refractivity contribution in [1.29, 1.82) is 0 Å². The molecule has 0 saturated carbocycles. The van der Waals surface area contributed by atoms with Crippen molar-refractivity contribution in [3.05, 3.63) is 57.3 Å². The van der Waals surface area contributed by atoms with Gasteiger partial charge in [0.15, 0.2) is 4.96 Å². The van der Waals surface area contributed by atoms with Crippen LogP contribution in [0.4, 0.5) is 0 Å². The number of nitrogens with one attached hydrogen (secondary N) is 1. The van der Waals surface area contributed by atoms with Crippen LogP contribution in [0.3, 0.4) is 0 Å². The quantitative estimate of drug-likeness (QED) is 0.729. The molecule has 3 aromatic rings. The van der Waals surface area contributed by atoms with Crippen molar-refractivity contribution >= 4 is 32.2 Å². The molecule has 1 N–H and O–H groups in total. The summed E-state index contributed by atoms with van der Waals surface area (Å²) in [7, 11) is 0. The Morgan fingerprint density at radius 3 is 3.00 bits per heavy atom. The molecular weight excluding hydrogens is 346 g/mol. The minimum Gasteiger partial charge on any atom is -0.310 e. The monoisotopic (exact) mass is 363 g/mol. The minimum absolute atomic E-state index is 0.273. The third kappa shape index (κ3) is 3.20. The van der Waals surface area contributed by atoms with E-state index in [4.69, 9.17) is 4.98 Å². The first-order valence-electron chi connectivity index (χ1n) is 7.08. The maximum Gasteiger partial charge on any atom is 0.193 e. The third-order valence-corrected chi connectivity index (χ3v) is 5.00. The lowest BCUT2D eigenvalue weighted by Crippen LogP contribution is -2.23. The van der Waals surface area contributed by atoms with Crippen LogP contribution < -0.4 is 5.32 Å². The summed E-state index contributed by atoms with van der Waals surface area (Å²) in [5, 5.41) is 5.63. The molecule has 0 aliphatic rings. The zero-order valence-corrected chi connectivity index (χ0v) is 14.5. The van der Waals surface area contributed by atoms with Gasteiger partial charge in [-0.05, 0) is 30.7 Å². The van der Waals surface area contributed by atoms with E-state index in [1.165, 1.54) is 11.1 Å². The summed E-state index contributed by atoms with van der Waals surface area (Å²) in [6.45, 7) is 5.19. The van der Waals surface area contributed by atoms with Crippen LogP contribution in [0.15, 0.2) is 40.4 Å². The first kappa shape index (κ1) is 14.8. The molecule has 2 aromatic heterocycles. The molecule has 1 aromatic carbocycles. The van der Waals surface area contributed by atoms with Crippen molar-refractivity contribution in [1.82, 2.24) is 14.7 Å². The maximum absolute atomic E-state index is 4.69. The van der Waals surface area contributed by atoms with E-state index in [2.05, 4.69) is 75.5 Å². The number of imidazole rings is 1. The lowest BCUT2D eigenvalue weighted by molar-refractivity contribution is 0.543. The van der Waals surface area contributed by atoms with Gasteiger partial charge in [0.05, 0.1) is 5.69 Å². The normalized spacial score (nSPS) is 12.9. The fourth-order valence-corrected chi connectivity index (χ4v) is 4.03. The summed E-state index contributed by atoms with van der Waals surface area (Å²) >= 11 is 5.37. The Bertz CT molecular complexity index is 718. The second kappa shape index (κ2) is 6.30. The second-order valence-corrected chi connectivity index (χ2v) is 6.89. The largest absolute Gasteiger partial charge is 0.310 e. The number of aryl methyl sites for hydroxylation is 1. The van der Waals surface area contributed by atoms with E-state index in [-0.39, 0.29) is 6.04 Å². The van der Waals surface area contributed by atoms with Gasteiger partial charge in [0.2, 0.25) is 0 Å². The Hall–Kier alpha value is -1.17. The number of hydrogen-bond acceptors (Lipinski definition) is 3. The van der Waals surface area contributed by atoms with E-state index in [1.54, 1.807) is 11.3 Å². The van der Waals surface area contributed by atoms with E-state index >= 15 is 0 Å². The van der Waals surface area contributed by atoms with Crippen LogP contribution in [0.1, 0.15) is 29.8 Å². The first-order valence-corrected chi connectivity index (χ1v) is 8.75. The highest BCUT2D eigenvalue weighted by Crippen LogP contribution is 2.27. The predicted octanol–water partition coefficient (Wildman–Crippen LogP) is 4.36. The molecule has 0 bridgehead atoms. The zero-order chi connectivity index (χ0) is 14.8. The third-order valence-electron chi connectivity index (χ3n) is 3.54. The van der Waals surface area contributed by atoms with Gasteiger partial charge >= 0.3 is 0 Å². The fourth-order valence-electron chi connectivity index (χ4n) is 2.54. The van der Waals surface area contributed by atoms with Crippen LogP contribution in [0.25, 0.3) is 4.96 Å². The van der Waals surface area contributed by atoms with Crippen molar-refractivity contribution in [3.8, 4) is 0 Å². The summed E-state index contributed by atoms with van der Waals surface area (Å²) in [6.07, 6.45) is 5.07. The number of aromatic nitrogens is 2. The molecule has 0 aliphatic carbocycles. The lowest BCUT2D eigenvalue weighted by Gasteiger charge is -2.19. The zero-order valence-electron chi connectivity index (χ0n) is 12.1. The fraction of sp³-hybridized carbons (Fsp3) is 0.312. The van der Waals surface area contributed by atoms with Crippen LogP contribution in [0.2, 0.25) is 0 Å². The summed E-state index contributed by atoms with van der Waals surface area (Å²) in [5.41, 5.74) is 3.68. The van der Waals surface area contributed by atoms with E-state index in [0.717, 1.165) is 28.1 Å². The van der Waals surface area contributed by atoms with Gasteiger partial charge < -0.3 is 5.32 Å². The topological polar surface area (TPSA) is 29.3 Å².